The van der Waals surface area contributed by atoms with Gasteiger partial charge in [-0.15, -0.1) is 0 Å². The molecule has 2 aromatic rings. The molecule has 4 saturated carbocycles. The van der Waals surface area contributed by atoms with Crippen LogP contribution >= 0.6 is 0 Å². The van der Waals surface area contributed by atoms with Crippen LogP contribution in [-0.4, -0.2) is 35.4 Å². The van der Waals surface area contributed by atoms with Crippen LogP contribution in [0, 0.1) is 33.9 Å². The summed E-state index contributed by atoms with van der Waals surface area (Å²) in [6.07, 6.45) is -1.27. The molecule has 6 rings (SSSR count). The fraction of sp³-hybridized carbons (Fsp3) is 0.562. The average Bonchev–Trinajstić information content (AvgIpc) is 2.92. The van der Waals surface area contributed by atoms with Gasteiger partial charge in [-0.3, -0.25) is 4.79 Å². The lowest BCUT2D eigenvalue weighted by Gasteiger charge is -2.52. The van der Waals surface area contributed by atoms with Gasteiger partial charge in [-0.25, -0.2) is 4.39 Å². The fourth-order valence-electron chi connectivity index (χ4n) is 6.84. The Morgan fingerprint density at radius 1 is 1.07 bits per heavy atom. The van der Waals surface area contributed by atoms with Crippen molar-refractivity contribution in [1.82, 2.24) is 0 Å². The zero-order chi connectivity index (χ0) is 29.6. The van der Waals surface area contributed by atoms with Crippen molar-refractivity contribution in [2.24, 2.45) is 16.7 Å². The summed E-state index contributed by atoms with van der Waals surface area (Å²) in [5, 5.41) is 19.6. The molecule has 1 amide bonds. The zero-order valence-corrected chi connectivity index (χ0v) is 23.4. The van der Waals surface area contributed by atoms with Crippen LogP contribution in [0.25, 0.3) is 11.1 Å². The third-order valence-electron chi connectivity index (χ3n) is 9.48. The van der Waals surface area contributed by atoms with Crippen molar-refractivity contribution in [2.45, 2.75) is 89.5 Å². The number of carbonyl (C=O) groups excluding carboxylic acids is 1. The first-order valence-electron chi connectivity index (χ1n) is 14.3. The predicted molar refractivity (Wildman–Crippen MR) is 146 cm³/mol. The molecule has 0 atom stereocenters. The maximum absolute atomic E-state index is 15.1. The molecule has 2 aromatic carbocycles. The van der Waals surface area contributed by atoms with Gasteiger partial charge in [-0.1, -0.05) is 12.1 Å². The normalized spacial score (nSPS) is 29.1. The largest absolute Gasteiger partial charge is 0.491 e. The molecular weight excluding hydrogens is 536 g/mol. The number of amides is 1. The van der Waals surface area contributed by atoms with Gasteiger partial charge in [0.2, 0.25) is 5.91 Å². The van der Waals surface area contributed by atoms with Crippen LogP contribution in [0.4, 0.5) is 23.2 Å². The standard InChI is InChI=1S/C32H36F4N2O3/c1-21(2)41-25-6-3-23(4-7-25)26-16-24(5-8-27(26)33)38(20-30-12-9-29(19-37,10-13-30)11-14-30)28(39)15-22-17-31(40,18-22)32(34,35)36/h3-8,16,21-22,40H,9-15,17-18,20H2,1-2H3. The van der Waals surface area contributed by atoms with Crippen molar-refractivity contribution in [2.75, 3.05) is 11.4 Å². The Labute approximate surface area is 238 Å². The van der Waals surface area contributed by atoms with E-state index in [1.54, 1.807) is 41.3 Å². The van der Waals surface area contributed by atoms with E-state index < -0.39 is 36.4 Å². The van der Waals surface area contributed by atoms with E-state index in [1.807, 2.05) is 13.8 Å². The van der Waals surface area contributed by atoms with Crippen LogP contribution in [0.5, 0.6) is 5.75 Å². The van der Waals surface area contributed by atoms with E-state index in [0.717, 1.165) is 38.5 Å². The van der Waals surface area contributed by atoms with Crippen molar-refractivity contribution in [3.8, 4) is 22.9 Å². The van der Waals surface area contributed by atoms with Gasteiger partial charge in [0.15, 0.2) is 5.60 Å². The van der Waals surface area contributed by atoms with Crippen molar-refractivity contribution < 1.29 is 32.2 Å². The molecule has 4 aliphatic rings. The number of hydrogen-bond acceptors (Lipinski definition) is 4. The summed E-state index contributed by atoms with van der Waals surface area (Å²) in [7, 11) is 0. The highest BCUT2D eigenvalue weighted by molar-refractivity contribution is 5.94. The smallest absolute Gasteiger partial charge is 0.417 e. The summed E-state index contributed by atoms with van der Waals surface area (Å²) in [6, 6.07) is 14.0. The Morgan fingerprint density at radius 3 is 2.22 bits per heavy atom. The van der Waals surface area contributed by atoms with Crippen molar-refractivity contribution in [1.29, 1.82) is 5.26 Å². The molecule has 2 bridgehead atoms. The molecule has 5 nitrogen and oxygen atoms in total. The number of carbonyl (C=O) groups is 1. The molecular formula is C32H36F4N2O3. The summed E-state index contributed by atoms with van der Waals surface area (Å²) < 4.78 is 60.4. The lowest BCUT2D eigenvalue weighted by molar-refractivity contribution is -0.298. The molecule has 9 heteroatoms. The van der Waals surface area contributed by atoms with Crippen molar-refractivity contribution >= 4 is 11.6 Å². The molecule has 220 valence electrons. The van der Waals surface area contributed by atoms with Gasteiger partial charge in [0, 0.05) is 24.2 Å². The van der Waals surface area contributed by atoms with Crippen LogP contribution in [-0.2, 0) is 4.79 Å². The van der Waals surface area contributed by atoms with Crippen LogP contribution in [0.2, 0.25) is 0 Å². The van der Waals surface area contributed by atoms with Gasteiger partial charge in [-0.2, -0.15) is 18.4 Å². The zero-order valence-electron chi connectivity index (χ0n) is 23.4. The number of halogens is 4. The molecule has 0 saturated heterocycles. The second kappa shape index (κ2) is 10.6. The number of nitrogens with zero attached hydrogens (tertiary/aromatic N) is 2. The molecule has 0 heterocycles. The second-order valence-corrected chi connectivity index (χ2v) is 12.7. The Kier molecular flexibility index (Phi) is 7.60. The number of hydrogen-bond donors (Lipinski definition) is 1. The highest BCUT2D eigenvalue weighted by Crippen LogP contribution is 2.57. The second-order valence-electron chi connectivity index (χ2n) is 12.7. The molecule has 0 spiro atoms. The maximum atomic E-state index is 15.1. The summed E-state index contributed by atoms with van der Waals surface area (Å²) >= 11 is 0. The van der Waals surface area contributed by atoms with Gasteiger partial charge >= 0.3 is 6.18 Å². The third kappa shape index (κ3) is 5.81. The van der Waals surface area contributed by atoms with Gasteiger partial charge < -0.3 is 14.7 Å². The summed E-state index contributed by atoms with van der Waals surface area (Å²) in [5.74, 6) is -0.736. The Bertz CT molecular complexity index is 1300. The first-order valence-corrected chi connectivity index (χ1v) is 14.3. The molecule has 1 N–H and O–H groups in total. The summed E-state index contributed by atoms with van der Waals surface area (Å²) in [6.45, 7) is 4.18. The van der Waals surface area contributed by atoms with Crippen molar-refractivity contribution in [3.63, 3.8) is 0 Å². The first kappa shape index (κ1) is 29.4. The average molecular weight is 573 g/mol. The number of fused-ring (bicyclic) bond motifs is 3. The third-order valence-corrected chi connectivity index (χ3v) is 9.48. The number of nitriles is 1. The first-order chi connectivity index (χ1) is 19.3. The molecule has 0 aromatic heterocycles. The molecule has 0 radical (unpaired) electrons. The maximum Gasteiger partial charge on any atom is 0.417 e. The Hall–Kier alpha value is -3.12. The van der Waals surface area contributed by atoms with E-state index >= 15 is 4.39 Å². The minimum atomic E-state index is -4.73. The summed E-state index contributed by atoms with van der Waals surface area (Å²) in [4.78, 5) is 15.4. The van der Waals surface area contributed by atoms with Crippen LogP contribution in [0.15, 0.2) is 42.5 Å². The lowest BCUT2D eigenvalue weighted by atomic mass is 9.54. The summed E-state index contributed by atoms with van der Waals surface area (Å²) in [5.41, 5.74) is -1.86. The van der Waals surface area contributed by atoms with Crippen LogP contribution < -0.4 is 9.64 Å². The Balaban J connectivity index is 1.42. The monoisotopic (exact) mass is 572 g/mol. The molecule has 41 heavy (non-hydrogen) atoms. The number of alkyl halides is 3. The molecule has 4 fully saturated rings. The lowest BCUT2D eigenvalue weighted by Crippen LogP contribution is -2.56. The number of aliphatic hydroxyl groups is 1. The van der Waals surface area contributed by atoms with E-state index in [9.17, 15) is 28.3 Å². The van der Waals surface area contributed by atoms with Crippen molar-refractivity contribution in [3.05, 3.63) is 48.3 Å². The quantitative estimate of drug-likeness (QED) is 0.331. The number of rotatable bonds is 8. The SMILES string of the molecule is CC(C)Oc1ccc(-c2cc(N(CC34CCC(C#N)(CC3)CC4)C(=O)CC3CC(O)(C(F)(F)F)C3)ccc2F)cc1. The topological polar surface area (TPSA) is 73.6 Å². The van der Waals surface area contributed by atoms with E-state index in [2.05, 4.69) is 6.07 Å². The van der Waals surface area contributed by atoms with E-state index in [-0.39, 0.29) is 29.3 Å². The van der Waals surface area contributed by atoms with Crippen LogP contribution in [0.1, 0.15) is 71.6 Å². The van der Waals surface area contributed by atoms with Gasteiger partial charge in [0.25, 0.3) is 0 Å². The van der Waals surface area contributed by atoms with Crippen LogP contribution in [0.3, 0.4) is 0 Å². The minimum absolute atomic E-state index is 0.0134. The molecule has 4 aliphatic carbocycles. The number of ether oxygens (including phenoxy) is 1. The highest BCUT2D eigenvalue weighted by Gasteiger charge is 2.61. The fourth-order valence-corrected chi connectivity index (χ4v) is 6.84. The number of benzene rings is 2. The van der Waals surface area contributed by atoms with E-state index in [4.69, 9.17) is 4.74 Å². The Morgan fingerprint density at radius 2 is 1.68 bits per heavy atom. The van der Waals surface area contributed by atoms with Gasteiger partial charge in [0.1, 0.15) is 11.6 Å². The highest BCUT2D eigenvalue weighted by atomic mass is 19.4. The van der Waals surface area contributed by atoms with E-state index in [0.29, 0.717) is 29.1 Å². The predicted octanol–water partition coefficient (Wildman–Crippen LogP) is 7.57. The minimum Gasteiger partial charge on any atom is -0.491 e. The van der Waals surface area contributed by atoms with E-state index in [1.165, 1.54) is 6.07 Å². The van der Waals surface area contributed by atoms with Gasteiger partial charge in [-0.05, 0) is 112 Å². The molecule has 0 unspecified atom stereocenters. The van der Waals surface area contributed by atoms with Gasteiger partial charge in [0.05, 0.1) is 17.6 Å². The number of anilines is 1. The molecule has 0 aliphatic heterocycles.